The number of hydrogen-bond acceptors (Lipinski definition) is 9. The molecule has 1 aromatic carbocycles. The van der Waals surface area contributed by atoms with Gasteiger partial charge in [-0.3, -0.25) is 4.79 Å². The molecule has 0 bridgehead atoms. The topological polar surface area (TPSA) is 136 Å². The molecular weight excluding hydrogens is 486 g/mol. The van der Waals surface area contributed by atoms with E-state index in [0.717, 1.165) is 17.5 Å². The summed E-state index contributed by atoms with van der Waals surface area (Å²) in [6, 6.07) is 7.42. The first kappa shape index (κ1) is 25.7. The molecule has 3 N–H and O–H groups in total. The van der Waals surface area contributed by atoms with Gasteiger partial charge >= 0.3 is 6.09 Å². The number of nitrogens with two attached hydrogens (primary N) is 1. The molecule has 2 amide bonds. The molecule has 2 aliphatic rings. The van der Waals surface area contributed by atoms with E-state index in [1.54, 1.807) is 22.2 Å². The number of carbonyl (C=O) groups excluding carboxylic acids is 2. The lowest BCUT2D eigenvalue weighted by atomic mass is 10.0. The smallest absolute Gasteiger partial charge is 0.410 e. The van der Waals surface area contributed by atoms with Gasteiger partial charge in [0, 0.05) is 55.7 Å². The van der Waals surface area contributed by atoms with Crippen molar-refractivity contribution >= 4 is 34.7 Å². The second kappa shape index (κ2) is 10.4. The summed E-state index contributed by atoms with van der Waals surface area (Å²) in [6.45, 7) is 8.96. The van der Waals surface area contributed by atoms with Crippen molar-refractivity contribution in [1.29, 1.82) is 0 Å². The van der Waals surface area contributed by atoms with Crippen LogP contribution in [0.25, 0.3) is 22.0 Å². The van der Waals surface area contributed by atoms with Crippen LogP contribution in [0.5, 0.6) is 0 Å². The number of nitrogens with one attached hydrogen (secondary N) is 1. The van der Waals surface area contributed by atoms with Gasteiger partial charge in [-0.25, -0.2) is 19.7 Å². The zero-order valence-electron chi connectivity index (χ0n) is 21.9. The number of amides is 2. The molecule has 2 aliphatic heterocycles. The monoisotopic (exact) mass is 519 g/mol. The Morgan fingerprint density at radius 3 is 2.50 bits per heavy atom. The number of anilines is 2. The minimum absolute atomic E-state index is 0.00640. The van der Waals surface area contributed by atoms with Gasteiger partial charge in [-0.15, -0.1) is 0 Å². The number of morpholine rings is 1. The third-order valence-electron chi connectivity index (χ3n) is 6.57. The van der Waals surface area contributed by atoms with E-state index in [0.29, 0.717) is 67.6 Å². The number of aromatic nitrogens is 3. The summed E-state index contributed by atoms with van der Waals surface area (Å²) in [5.74, 6) is 0.775. The van der Waals surface area contributed by atoms with Crippen molar-refractivity contribution in [3.05, 3.63) is 42.2 Å². The highest BCUT2D eigenvalue weighted by molar-refractivity contribution is 5.99. The van der Waals surface area contributed by atoms with Crippen molar-refractivity contribution in [3.8, 4) is 11.1 Å². The lowest BCUT2D eigenvalue weighted by Crippen LogP contribution is -2.40. The van der Waals surface area contributed by atoms with Crippen LogP contribution in [0.4, 0.5) is 16.6 Å². The maximum atomic E-state index is 12.8. The lowest BCUT2D eigenvalue weighted by molar-refractivity contribution is 0.0292. The molecule has 38 heavy (non-hydrogen) atoms. The maximum absolute atomic E-state index is 12.8. The fourth-order valence-electron chi connectivity index (χ4n) is 4.61. The molecule has 0 saturated carbocycles. The molecule has 0 spiro atoms. The molecular formula is C27H33N7O4. The van der Waals surface area contributed by atoms with Gasteiger partial charge in [0.05, 0.1) is 24.1 Å². The quantitative estimate of drug-likeness (QED) is 0.533. The second-order valence-corrected chi connectivity index (χ2v) is 10.6. The minimum Gasteiger partial charge on any atom is -0.444 e. The zero-order chi connectivity index (χ0) is 26.9. The summed E-state index contributed by atoms with van der Waals surface area (Å²) in [4.78, 5) is 42.3. The number of ether oxygens (including phenoxy) is 2. The number of hydrogen-bond donors (Lipinski definition) is 2. The van der Waals surface area contributed by atoms with E-state index in [-0.39, 0.29) is 18.0 Å². The van der Waals surface area contributed by atoms with E-state index in [2.05, 4.69) is 15.3 Å². The van der Waals surface area contributed by atoms with Crippen LogP contribution in [0.2, 0.25) is 0 Å². The van der Waals surface area contributed by atoms with Gasteiger partial charge in [-0.1, -0.05) is 12.1 Å². The van der Waals surface area contributed by atoms with E-state index in [9.17, 15) is 9.59 Å². The third kappa shape index (κ3) is 5.62. The fraction of sp³-hybridized carbons (Fsp3) is 0.444. The first-order chi connectivity index (χ1) is 18.2. The summed E-state index contributed by atoms with van der Waals surface area (Å²) >= 11 is 0. The minimum atomic E-state index is -0.539. The Morgan fingerprint density at radius 2 is 1.79 bits per heavy atom. The summed E-state index contributed by atoms with van der Waals surface area (Å²) in [5, 5.41) is 3.99. The molecule has 1 atom stereocenters. The van der Waals surface area contributed by atoms with Crippen molar-refractivity contribution in [2.45, 2.75) is 38.8 Å². The molecule has 0 aliphatic carbocycles. The Bertz CT molecular complexity index is 1330. The summed E-state index contributed by atoms with van der Waals surface area (Å²) < 4.78 is 10.8. The average Bonchev–Trinajstić information content (AvgIpc) is 3.37. The molecule has 11 heteroatoms. The number of rotatable bonds is 4. The summed E-state index contributed by atoms with van der Waals surface area (Å²) in [6.07, 6.45) is 3.78. The Hall–Kier alpha value is -3.99. The van der Waals surface area contributed by atoms with Crippen LogP contribution in [-0.4, -0.2) is 87.8 Å². The van der Waals surface area contributed by atoms with E-state index < -0.39 is 5.60 Å². The highest BCUT2D eigenvalue weighted by atomic mass is 16.6. The van der Waals surface area contributed by atoms with Crippen LogP contribution in [-0.2, 0) is 9.47 Å². The number of likely N-dealkylation sites (tertiary alicyclic amines) is 1. The Labute approximate surface area is 221 Å². The molecule has 5 rings (SSSR count). The number of pyridine rings is 1. The highest BCUT2D eigenvalue weighted by Crippen LogP contribution is 2.30. The molecule has 2 aromatic heterocycles. The van der Waals surface area contributed by atoms with Crippen molar-refractivity contribution in [2.75, 3.05) is 50.4 Å². The normalized spacial score (nSPS) is 18.0. The second-order valence-electron chi connectivity index (χ2n) is 10.6. The number of fused-ring (bicyclic) bond motifs is 1. The average molecular weight is 520 g/mol. The van der Waals surface area contributed by atoms with Crippen molar-refractivity contribution in [1.82, 2.24) is 24.8 Å². The van der Waals surface area contributed by atoms with Crippen LogP contribution in [0, 0.1) is 0 Å². The zero-order valence-corrected chi connectivity index (χ0v) is 21.9. The van der Waals surface area contributed by atoms with Crippen LogP contribution < -0.4 is 11.1 Å². The highest BCUT2D eigenvalue weighted by Gasteiger charge is 2.30. The van der Waals surface area contributed by atoms with Crippen molar-refractivity contribution < 1.29 is 19.1 Å². The van der Waals surface area contributed by atoms with Gasteiger partial charge in [0.2, 0.25) is 5.95 Å². The van der Waals surface area contributed by atoms with E-state index in [1.807, 2.05) is 45.0 Å². The van der Waals surface area contributed by atoms with Crippen LogP contribution in [0.1, 0.15) is 37.6 Å². The van der Waals surface area contributed by atoms with Gasteiger partial charge in [-0.05, 0) is 44.9 Å². The van der Waals surface area contributed by atoms with Gasteiger partial charge in [0.15, 0.2) is 0 Å². The number of nitrogen functional groups attached to an aromatic ring is 1. The van der Waals surface area contributed by atoms with Crippen molar-refractivity contribution in [3.63, 3.8) is 0 Å². The Balaban J connectivity index is 1.34. The molecule has 11 nitrogen and oxygen atoms in total. The Kier molecular flexibility index (Phi) is 7.02. The number of carbonyl (C=O) groups is 2. The molecule has 0 radical (unpaired) electrons. The molecule has 0 unspecified atom stereocenters. The number of benzene rings is 1. The predicted octanol–water partition coefficient (Wildman–Crippen LogP) is 3.17. The Morgan fingerprint density at radius 1 is 1.05 bits per heavy atom. The van der Waals surface area contributed by atoms with Gasteiger partial charge < -0.3 is 30.3 Å². The SMILES string of the molecule is CC(C)(C)OC(=O)N1CC[C@@H](Nc2ncc3c(N)ncc(-c4ccc(C(=O)N5CCOCC5)cc4)c3n2)C1. The largest absolute Gasteiger partial charge is 0.444 e. The summed E-state index contributed by atoms with van der Waals surface area (Å²) in [5.41, 5.74) is 8.52. The molecule has 2 fully saturated rings. The fourth-order valence-corrected chi connectivity index (χ4v) is 4.61. The molecule has 200 valence electrons. The maximum Gasteiger partial charge on any atom is 0.410 e. The first-order valence-electron chi connectivity index (χ1n) is 12.8. The summed E-state index contributed by atoms with van der Waals surface area (Å²) in [7, 11) is 0. The third-order valence-corrected chi connectivity index (χ3v) is 6.57. The van der Waals surface area contributed by atoms with Gasteiger partial charge in [0.25, 0.3) is 5.91 Å². The van der Waals surface area contributed by atoms with Crippen LogP contribution in [0.3, 0.4) is 0 Å². The number of nitrogens with zero attached hydrogens (tertiary/aromatic N) is 5. The molecule has 4 heterocycles. The van der Waals surface area contributed by atoms with E-state index in [1.165, 1.54) is 0 Å². The standard InChI is InChI=1S/C27H33N7O4/c1-27(2,3)38-26(36)34-9-8-19(16-34)31-25-30-15-21-22(32-25)20(14-29-23(21)28)17-4-6-18(7-5-17)24(35)33-10-12-37-13-11-33/h4-7,14-15,19H,8-13,16H2,1-3H3,(H2,28,29)(H,30,31,32)/t19-/m1/s1. The van der Waals surface area contributed by atoms with Crippen LogP contribution >= 0.6 is 0 Å². The van der Waals surface area contributed by atoms with Crippen molar-refractivity contribution in [2.24, 2.45) is 0 Å². The van der Waals surface area contributed by atoms with E-state index in [4.69, 9.17) is 20.2 Å². The predicted molar refractivity (Wildman–Crippen MR) is 144 cm³/mol. The molecule has 2 saturated heterocycles. The van der Waals surface area contributed by atoms with Gasteiger partial charge in [0.1, 0.15) is 11.4 Å². The van der Waals surface area contributed by atoms with E-state index >= 15 is 0 Å². The lowest BCUT2D eigenvalue weighted by Gasteiger charge is -2.26. The van der Waals surface area contributed by atoms with Crippen LogP contribution in [0.15, 0.2) is 36.7 Å². The first-order valence-corrected chi connectivity index (χ1v) is 12.8. The van der Waals surface area contributed by atoms with Gasteiger partial charge in [-0.2, -0.15) is 0 Å². The molecule has 3 aromatic rings.